The number of aryl methyl sites for hydroxylation is 1. The van der Waals surface area contributed by atoms with Crippen LogP contribution in [0.1, 0.15) is 22.8 Å². The van der Waals surface area contributed by atoms with Gasteiger partial charge in [-0.15, -0.1) is 5.10 Å². The molecule has 7 nitrogen and oxygen atoms in total. The highest BCUT2D eigenvalue weighted by molar-refractivity contribution is 6.06. The van der Waals surface area contributed by atoms with Crippen LogP contribution < -0.4 is 10.1 Å². The van der Waals surface area contributed by atoms with Crippen molar-refractivity contribution in [3.63, 3.8) is 0 Å². The molecule has 0 aliphatic heterocycles. The molecule has 1 N–H and O–H groups in total. The van der Waals surface area contributed by atoms with Crippen molar-refractivity contribution in [3.05, 3.63) is 59.9 Å². The highest BCUT2D eigenvalue weighted by atomic mass is 16.5. The first-order valence-electron chi connectivity index (χ1n) is 7.56. The second-order valence-corrected chi connectivity index (χ2v) is 5.14. The fraction of sp³-hybridized carbons (Fsp3) is 0.176. The lowest BCUT2D eigenvalue weighted by atomic mass is 10.1. The number of anilines is 1. The number of ether oxygens (including phenoxy) is 1. The van der Waals surface area contributed by atoms with Crippen LogP contribution in [0.3, 0.4) is 0 Å². The third-order valence-corrected chi connectivity index (χ3v) is 3.48. The molecule has 0 saturated heterocycles. The van der Waals surface area contributed by atoms with Gasteiger partial charge in [0.2, 0.25) is 0 Å². The van der Waals surface area contributed by atoms with Crippen molar-refractivity contribution in [1.29, 1.82) is 0 Å². The number of hydrogen-bond donors (Lipinski definition) is 1. The summed E-state index contributed by atoms with van der Waals surface area (Å²) in [6, 6.07) is 12.7. The summed E-state index contributed by atoms with van der Waals surface area (Å²) in [5.74, 6) is 0.355. The molecule has 1 heterocycles. The van der Waals surface area contributed by atoms with Gasteiger partial charge in [-0.1, -0.05) is 12.1 Å². The SMILES string of the molecule is CCOc1ccccc1C(=O)Nc1ccc(-n2cnnn2)c(C)c1. The Morgan fingerprint density at radius 1 is 1.25 bits per heavy atom. The summed E-state index contributed by atoms with van der Waals surface area (Å²) < 4.78 is 7.08. The standard InChI is InChI=1S/C17H17N5O2/c1-3-24-16-7-5-4-6-14(16)17(23)19-13-8-9-15(12(2)10-13)22-11-18-20-21-22/h4-11H,3H2,1-2H3,(H,19,23). The molecular weight excluding hydrogens is 306 g/mol. The largest absolute Gasteiger partial charge is 0.493 e. The Hall–Kier alpha value is -3.22. The number of nitrogens with one attached hydrogen (secondary N) is 1. The lowest BCUT2D eigenvalue weighted by Gasteiger charge is -2.12. The summed E-state index contributed by atoms with van der Waals surface area (Å²) in [6.45, 7) is 4.32. The Bertz CT molecular complexity index is 846. The van der Waals surface area contributed by atoms with Crippen LogP contribution in [0.15, 0.2) is 48.8 Å². The van der Waals surface area contributed by atoms with Gasteiger partial charge in [0.05, 0.1) is 17.9 Å². The van der Waals surface area contributed by atoms with Crippen molar-refractivity contribution < 1.29 is 9.53 Å². The highest BCUT2D eigenvalue weighted by Crippen LogP contribution is 2.22. The summed E-state index contributed by atoms with van der Waals surface area (Å²) in [5, 5.41) is 14.0. The molecule has 24 heavy (non-hydrogen) atoms. The molecule has 0 saturated carbocycles. The maximum Gasteiger partial charge on any atom is 0.259 e. The number of carbonyl (C=O) groups excluding carboxylic acids is 1. The first-order valence-corrected chi connectivity index (χ1v) is 7.56. The molecular formula is C17H17N5O2. The molecule has 0 aliphatic rings. The average molecular weight is 323 g/mol. The van der Waals surface area contributed by atoms with E-state index in [0.717, 1.165) is 11.3 Å². The molecule has 0 unspecified atom stereocenters. The zero-order chi connectivity index (χ0) is 16.9. The van der Waals surface area contributed by atoms with Crippen molar-refractivity contribution in [1.82, 2.24) is 20.2 Å². The number of aromatic nitrogens is 4. The van der Waals surface area contributed by atoms with Gasteiger partial charge in [0.25, 0.3) is 5.91 Å². The van der Waals surface area contributed by atoms with Crippen LogP contribution in [0.5, 0.6) is 5.75 Å². The van der Waals surface area contributed by atoms with E-state index in [1.165, 1.54) is 6.33 Å². The van der Waals surface area contributed by atoms with Crippen LogP contribution in [-0.4, -0.2) is 32.7 Å². The minimum Gasteiger partial charge on any atom is -0.493 e. The maximum absolute atomic E-state index is 12.5. The molecule has 0 aliphatic carbocycles. The second kappa shape index (κ2) is 6.91. The van der Waals surface area contributed by atoms with Gasteiger partial charge >= 0.3 is 0 Å². The number of amides is 1. The van der Waals surface area contributed by atoms with Crippen molar-refractivity contribution in [2.75, 3.05) is 11.9 Å². The van der Waals surface area contributed by atoms with Gasteiger partial charge in [0, 0.05) is 5.69 Å². The van der Waals surface area contributed by atoms with Crippen LogP contribution in [0.2, 0.25) is 0 Å². The Morgan fingerprint density at radius 3 is 2.79 bits per heavy atom. The predicted octanol–water partition coefficient (Wildman–Crippen LogP) is 2.62. The van der Waals surface area contributed by atoms with Gasteiger partial charge in [0.15, 0.2) is 0 Å². The van der Waals surface area contributed by atoms with Gasteiger partial charge in [-0.2, -0.15) is 0 Å². The van der Waals surface area contributed by atoms with Gasteiger partial charge in [-0.05, 0) is 60.2 Å². The summed E-state index contributed by atoms with van der Waals surface area (Å²) >= 11 is 0. The summed E-state index contributed by atoms with van der Waals surface area (Å²) in [6.07, 6.45) is 1.53. The van der Waals surface area contributed by atoms with Crippen LogP contribution >= 0.6 is 0 Å². The van der Waals surface area contributed by atoms with E-state index in [1.807, 2.05) is 44.2 Å². The molecule has 0 atom stereocenters. The Kier molecular flexibility index (Phi) is 4.51. The molecule has 0 fully saturated rings. The first-order chi connectivity index (χ1) is 11.7. The number of para-hydroxylation sites is 1. The molecule has 0 bridgehead atoms. The summed E-state index contributed by atoms with van der Waals surface area (Å²) in [4.78, 5) is 12.5. The van der Waals surface area contributed by atoms with Crippen LogP contribution in [-0.2, 0) is 0 Å². The third kappa shape index (κ3) is 3.24. The van der Waals surface area contributed by atoms with E-state index >= 15 is 0 Å². The number of hydrogen-bond acceptors (Lipinski definition) is 5. The van der Waals surface area contributed by atoms with E-state index < -0.39 is 0 Å². The number of tetrazole rings is 1. The molecule has 3 aromatic rings. The van der Waals surface area contributed by atoms with Crippen molar-refractivity contribution >= 4 is 11.6 Å². The van der Waals surface area contributed by atoms with Crippen LogP contribution in [0, 0.1) is 6.92 Å². The number of carbonyl (C=O) groups is 1. The Labute approximate surface area is 139 Å². The Morgan fingerprint density at radius 2 is 2.08 bits per heavy atom. The summed E-state index contributed by atoms with van der Waals surface area (Å²) in [7, 11) is 0. The fourth-order valence-corrected chi connectivity index (χ4v) is 2.40. The molecule has 1 amide bonds. The zero-order valence-electron chi connectivity index (χ0n) is 13.4. The third-order valence-electron chi connectivity index (χ3n) is 3.48. The van der Waals surface area contributed by atoms with Gasteiger partial charge < -0.3 is 10.1 Å². The van der Waals surface area contributed by atoms with E-state index in [9.17, 15) is 4.79 Å². The average Bonchev–Trinajstić information content (AvgIpc) is 3.10. The van der Waals surface area contributed by atoms with Crippen molar-refractivity contribution in [2.24, 2.45) is 0 Å². The molecule has 122 valence electrons. The lowest BCUT2D eigenvalue weighted by Crippen LogP contribution is -2.14. The van der Waals surface area contributed by atoms with Gasteiger partial charge in [0.1, 0.15) is 12.1 Å². The zero-order valence-corrected chi connectivity index (χ0v) is 13.4. The quantitative estimate of drug-likeness (QED) is 0.780. The molecule has 0 radical (unpaired) electrons. The second-order valence-electron chi connectivity index (χ2n) is 5.14. The molecule has 1 aromatic heterocycles. The molecule has 7 heteroatoms. The van der Waals surface area contributed by atoms with Crippen LogP contribution in [0.25, 0.3) is 5.69 Å². The van der Waals surface area contributed by atoms with Gasteiger partial charge in [-0.3, -0.25) is 4.79 Å². The molecule has 3 rings (SSSR count). The number of rotatable bonds is 5. The normalized spacial score (nSPS) is 10.4. The van der Waals surface area contributed by atoms with E-state index in [1.54, 1.807) is 16.8 Å². The van der Waals surface area contributed by atoms with E-state index in [-0.39, 0.29) is 5.91 Å². The van der Waals surface area contributed by atoms with Crippen molar-refractivity contribution in [2.45, 2.75) is 13.8 Å². The first kappa shape index (κ1) is 15.7. The smallest absolute Gasteiger partial charge is 0.259 e. The van der Waals surface area contributed by atoms with E-state index in [2.05, 4.69) is 20.8 Å². The molecule has 0 spiro atoms. The fourth-order valence-electron chi connectivity index (χ4n) is 2.40. The Balaban J connectivity index is 1.81. The van der Waals surface area contributed by atoms with Crippen molar-refractivity contribution in [3.8, 4) is 11.4 Å². The topological polar surface area (TPSA) is 81.9 Å². The molecule has 2 aromatic carbocycles. The van der Waals surface area contributed by atoms with Gasteiger partial charge in [-0.25, -0.2) is 4.68 Å². The lowest BCUT2D eigenvalue weighted by molar-refractivity contribution is 0.102. The van der Waals surface area contributed by atoms with E-state index in [0.29, 0.717) is 23.6 Å². The number of nitrogens with zero attached hydrogens (tertiary/aromatic N) is 4. The number of benzene rings is 2. The maximum atomic E-state index is 12.5. The summed E-state index contributed by atoms with van der Waals surface area (Å²) in [5.41, 5.74) is 2.99. The minimum atomic E-state index is -0.214. The van der Waals surface area contributed by atoms with E-state index in [4.69, 9.17) is 4.74 Å². The minimum absolute atomic E-state index is 0.214. The van der Waals surface area contributed by atoms with Crippen LogP contribution in [0.4, 0.5) is 5.69 Å². The monoisotopic (exact) mass is 323 g/mol. The highest BCUT2D eigenvalue weighted by Gasteiger charge is 2.13. The predicted molar refractivity (Wildman–Crippen MR) is 89.5 cm³/mol.